The normalized spacial score (nSPS) is 40.0. The molecule has 9 atom stereocenters. The van der Waals surface area contributed by atoms with Gasteiger partial charge in [0.25, 0.3) is 0 Å². The summed E-state index contributed by atoms with van der Waals surface area (Å²) in [7, 11) is -6.55. The second-order valence-corrected chi connectivity index (χ2v) is 32.2. The molecule has 11 heteroatoms. The molecule has 2 bridgehead atoms. The highest BCUT2D eigenvalue weighted by atomic mass is 28.4. The minimum Gasteiger partial charge on any atom is -0.426 e. The lowest BCUT2D eigenvalue weighted by Crippen LogP contribution is -2.81. The van der Waals surface area contributed by atoms with Gasteiger partial charge in [-0.1, -0.05) is 80.6 Å². The smallest absolute Gasteiger partial charge is 0.426 e. The third-order valence-corrected chi connectivity index (χ3v) is 26.5. The van der Waals surface area contributed by atoms with Crippen LogP contribution in [-0.2, 0) is 27.9 Å². The molecule has 2 heterocycles. The lowest BCUT2D eigenvalue weighted by atomic mass is 9.45. The molecule has 5 aliphatic rings. The Morgan fingerprint density at radius 3 is 1.87 bits per heavy atom. The number of fused-ring (bicyclic) bond motifs is 5. The first-order valence-corrected chi connectivity index (χ1v) is 27.2. The second kappa shape index (κ2) is 12.1. The van der Waals surface area contributed by atoms with E-state index in [-0.39, 0.29) is 17.9 Å². The molecule has 4 fully saturated rings. The van der Waals surface area contributed by atoms with E-state index in [4.69, 9.17) is 23.1 Å². The number of Topliss-reactive ketones (excluding diaryl/α,β-unsaturated/α-hetero) is 1. The van der Waals surface area contributed by atoms with Gasteiger partial charge in [0.1, 0.15) is 11.7 Å². The molecule has 2 saturated heterocycles. The number of carbonyl (C=O) groups excluding carboxylic acids is 2. The average Bonchev–Trinajstić information content (AvgIpc) is 3.35. The summed E-state index contributed by atoms with van der Waals surface area (Å²) in [6.07, 6.45) is -2.41. The summed E-state index contributed by atoms with van der Waals surface area (Å²) in [5, 5.41) is 12.7. The number of ether oxygens (including phenoxy) is 3. The third kappa shape index (κ3) is 5.12. The summed E-state index contributed by atoms with van der Waals surface area (Å²) in [5.74, 6) is -0.808. The van der Waals surface area contributed by atoms with E-state index in [1.54, 1.807) is 0 Å². The molecular weight excluding hydrogens is 645 g/mol. The minimum absolute atomic E-state index is 0.0279. The summed E-state index contributed by atoms with van der Waals surface area (Å²) < 4.78 is 33.9. The van der Waals surface area contributed by atoms with Crippen LogP contribution in [0, 0.1) is 16.7 Å². The summed E-state index contributed by atoms with van der Waals surface area (Å²) in [4.78, 5) is 29.7. The quantitative estimate of drug-likeness (QED) is 0.130. The van der Waals surface area contributed by atoms with Crippen LogP contribution in [0.2, 0.25) is 61.4 Å². The van der Waals surface area contributed by atoms with Crippen LogP contribution in [0.3, 0.4) is 0 Å². The van der Waals surface area contributed by atoms with Crippen LogP contribution in [0.15, 0.2) is 11.1 Å². The molecule has 5 rings (SSSR count). The van der Waals surface area contributed by atoms with Gasteiger partial charge in [-0.15, -0.1) is 0 Å². The van der Waals surface area contributed by atoms with Gasteiger partial charge in [0.05, 0.1) is 32.3 Å². The molecule has 3 aliphatic carbocycles. The van der Waals surface area contributed by atoms with Gasteiger partial charge >= 0.3 is 6.16 Å². The van der Waals surface area contributed by atoms with E-state index in [0.29, 0.717) is 12.8 Å². The van der Waals surface area contributed by atoms with Gasteiger partial charge in [0, 0.05) is 17.8 Å². The van der Waals surface area contributed by atoms with Crippen LogP contribution in [0.5, 0.6) is 0 Å². The Labute approximate surface area is 287 Å². The van der Waals surface area contributed by atoms with Crippen LogP contribution in [0.1, 0.15) is 82.1 Å². The predicted molar refractivity (Wildman–Crippen MR) is 192 cm³/mol. The molecule has 1 spiro atoms. The van der Waals surface area contributed by atoms with Crippen molar-refractivity contribution in [3.05, 3.63) is 11.1 Å². The molecule has 8 nitrogen and oxygen atoms in total. The molecule has 268 valence electrons. The standard InChI is InChI=1S/C36H64O8Si3/c1-14-46(15-2,16-3)43-25-20-26-35(39,22-40-26)29-31-36(42-32(38)41-31)21-24(45(11,12)13)23(7)27(33(36,8)9)28(30(37)34(25,29)10)44-47(17-4,18-5)19-6/h24-26,28-29,31,39H,14-22H2,1-13H3/t24-,25-,26+,28+,29-,31-,34+,35-,36+/m0/s1. The van der Waals surface area contributed by atoms with Gasteiger partial charge in [-0.3, -0.25) is 4.79 Å². The molecule has 2 saturated carbocycles. The van der Waals surface area contributed by atoms with Gasteiger partial charge in [-0.25, -0.2) is 4.79 Å². The van der Waals surface area contributed by atoms with Crippen molar-refractivity contribution in [2.45, 2.75) is 179 Å². The van der Waals surface area contributed by atoms with Crippen LogP contribution >= 0.6 is 0 Å². The van der Waals surface area contributed by atoms with E-state index < -0.39 is 83.2 Å². The fourth-order valence-electron chi connectivity index (χ4n) is 10.7. The fourth-order valence-corrected chi connectivity index (χ4v) is 18.8. The van der Waals surface area contributed by atoms with Crippen LogP contribution in [0.25, 0.3) is 0 Å². The molecule has 0 aromatic heterocycles. The highest BCUT2D eigenvalue weighted by Crippen LogP contribution is 2.68. The average molecular weight is 709 g/mol. The minimum atomic E-state index is -2.37. The highest BCUT2D eigenvalue weighted by Gasteiger charge is 2.80. The number of carbonyl (C=O) groups is 2. The van der Waals surface area contributed by atoms with Crippen molar-refractivity contribution in [3.63, 3.8) is 0 Å². The maximum atomic E-state index is 16.1. The van der Waals surface area contributed by atoms with Crippen molar-refractivity contribution < 1.29 is 37.8 Å². The fraction of sp³-hybridized carbons (Fsp3) is 0.889. The van der Waals surface area contributed by atoms with Crippen molar-refractivity contribution in [3.8, 4) is 0 Å². The maximum absolute atomic E-state index is 16.1. The van der Waals surface area contributed by atoms with E-state index in [1.165, 1.54) is 5.57 Å². The van der Waals surface area contributed by atoms with E-state index in [1.807, 2.05) is 6.92 Å². The van der Waals surface area contributed by atoms with Crippen molar-refractivity contribution in [1.29, 1.82) is 0 Å². The largest absolute Gasteiger partial charge is 0.509 e. The van der Waals surface area contributed by atoms with Crippen molar-refractivity contribution >= 4 is 36.6 Å². The molecule has 2 aliphatic heterocycles. The number of hydrogen-bond acceptors (Lipinski definition) is 8. The van der Waals surface area contributed by atoms with Gasteiger partial charge in [-0.05, 0) is 67.6 Å². The second-order valence-electron chi connectivity index (χ2n) is 17.4. The zero-order chi connectivity index (χ0) is 35.2. The SMILES string of the molecule is CC[Si](CC)(CC)O[C@H]1C(=O)[C@]2(C)[C@@H](O[Si](CC)(CC)CC)C[C@H]3OC[C@@]3(O)[C@H]2[C@@H]2OC(=O)O[C@]23C[C@H]([Si](C)(C)C)C(C)=C1C3(C)C. The Bertz CT molecular complexity index is 1270. The molecule has 0 aromatic carbocycles. The molecule has 0 aromatic rings. The number of rotatable bonds is 11. The highest BCUT2D eigenvalue weighted by molar-refractivity contribution is 6.78. The molecular formula is C36H64O8Si3. The Balaban J connectivity index is 1.88. The summed E-state index contributed by atoms with van der Waals surface area (Å²) in [6, 6.07) is 5.49. The van der Waals surface area contributed by atoms with E-state index >= 15 is 4.79 Å². The number of allylic oxidation sites excluding steroid dienone is 1. The molecule has 47 heavy (non-hydrogen) atoms. The topological polar surface area (TPSA) is 101 Å². The first kappa shape index (κ1) is 37.4. The van der Waals surface area contributed by atoms with Crippen molar-refractivity contribution in [2.75, 3.05) is 6.61 Å². The zero-order valence-corrected chi connectivity index (χ0v) is 34.6. The zero-order valence-electron chi connectivity index (χ0n) is 31.6. The van der Waals surface area contributed by atoms with Gasteiger partial charge in [0.15, 0.2) is 34.1 Å². The molecule has 0 radical (unpaired) electrons. The Morgan fingerprint density at radius 2 is 1.40 bits per heavy atom. The van der Waals surface area contributed by atoms with Gasteiger partial charge in [-0.2, -0.15) is 0 Å². The van der Waals surface area contributed by atoms with Crippen LogP contribution < -0.4 is 0 Å². The molecule has 0 unspecified atom stereocenters. The number of aliphatic hydroxyl groups is 1. The van der Waals surface area contributed by atoms with E-state index in [0.717, 1.165) is 41.8 Å². The lowest BCUT2D eigenvalue weighted by Gasteiger charge is -2.67. The van der Waals surface area contributed by atoms with Crippen molar-refractivity contribution in [1.82, 2.24) is 0 Å². The molecule has 0 amide bonds. The van der Waals surface area contributed by atoms with Gasteiger partial charge in [0.2, 0.25) is 0 Å². The Kier molecular flexibility index (Phi) is 9.67. The monoisotopic (exact) mass is 708 g/mol. The number of hydrogen-bond donors (Lipinski definition) is 1. The summed E-state index contributed by atoms with van der Waals surface area (Å²) >= 11 is 0. The maximum Gasteiger partial charge on any atom is 0.509 e. The van der Waals surface area contributed by atoms with Crippen LogP contribution in [0.4, 0.5) is 4.79 Å². The summed E-state index contributed by atoms with van der Waals surface area (Å²) in [5.41, 5.74) is -2.17. The Hall–Kier alpha value is -0.829. The first-order valence-electron chi connectivity index (χ1n) is 18.6. The number of ketones is 1. The van der Waals surface area contributed by atoms with Crippen molar-refractivity contribution in [2.24, 2.45) is 16.7 Å². The summed E-state index contributed by atoms with van der Waals surface area (Å²) in [6.45, 7) is 28.8. The Morgan fingerprint density at radius 1 is 0.872 bits per heavy atom. The van der Waals surface area contributed by atoms with E-state index in [2.05, 4.69) is 82.0 Å². The van der Waals surface area contributed by atoms with Gasteiger partial charge < -0.3 is 28.2 Å². The lowest BCUT2D eigenvalue weighted by molar-refractivity contribution is -0.332. The van der Waals surface area contributed by atoms with Crippen LogP contribution in [-0.4, -0.2) is 84.0 Å². The molecule has 1 N–H and O–H groups in total. The van der Waals surface area contributed by atoms with E-state index in [9.17, 15) is 9.90 Å². The first-order chi connectivity index (χ1) is 21.8. The predicted octanol–water partition coefficient (Wildman–Crippen LogP) is 8.24. The third-order valence-electron chi connectivity index (χ3n) is 14.5.